The lowest BCUT2D eigenvalue weighted by Gasteiger charge is -2.50. The second kappa shape index (κ2) is 3.52. The Morgan fingerprint density at radius 2 is 1.42 bits per heavy atom. The number of hydrogen-bond acceptors (Lipinski definition) is 1. The highest BCUT2D eigenvalue weighted by molar-refractivity contribution is 5.43. The minimum Gasteiger partial charge on any atom is -0.380 e. The fourth-order valence-electron chi connectivity index (χ4n) is 5.98. The van der Waals surface area contributed by atoms with Crippen molar-refractivity contribution in [1.82, 2.24) is 0 Å². The zero-order valence-corrected chi connectivity index (χ0v) is 11.3. The van der Waals surface area contributed by atoms with Crippen LogP contribution in [-0.2, 0) is 4.74 Å². The van der Waals surface area contributed by atoms with Crippen LogP contribution < -0.4 is 0 Å². The van der Waals surface area contributed by atoms with Crippen molar-refractivity contribution in [3.05, 3.63) is 47.5 Å². The van der Waals surface area contributed by atoms with Crippen LogP contribution in [0, 0.1) is 23.7 Å². The van der Waals surface area contributed by atoms with Crippen LogP contribution in [0.3, 0.4) is 0 Å². The standard InChI is InChI=1S/C18H20O/c1-19-18-14-8-9-15(18)17-13-7-6-12(16(14)17)10-4-2-3-5-11(10)13/h2-5,8-9,12-18H,6-7H2,1H3. The van der Waals surface area contributed by atoms with E-state index in [9.17, 15) is 0 Å². The van der Waals surface area contributed by atoms with Gasteiger partial charge in [-0.2, -0.15) is 0 Å². The van der Waals surface area contributed by atoms with E-state index in [1.165, 1.54) is 12.8 Å². The molecule has 0 amide bonds. The molecule has 0 radical (unpaired) electrons. The van der Waals surface area contributed by atoms with Crippen molar-refractivity contribution in [2.45, 2.75) is 30.8 Å². The summed E-state index contributed by atoms with van der Waals surface area (Å²) in [5.41, 5.74) is 3.33. The first-order valence-corrected chi connectivity index (χ1v) is 7.70. The van der Waals surface area contributed by atoms with Gasteiger partial charge in [-0.15, -0.1) is 0 Å². The lowest BCUT2D eigenvalue weighted by Crippen LogP contribution is -2.40. The second-order valence-corrected chi connectivity index (χ2v) is 6.81. The quantitative estimate of drug-likeness (QED) is 0.692. The van der Waals surface area contributed by atoms with E-state index in [1.807, 2.05) is 7.11 Å². The molecule has 1 heteroatoms. The molecular formula is C18H20O. The first-order valence-electron chi connectivity index (χ1n) is 7.70. The Morgan fingerprint density at radius 3 is 1.89 bits per heavy atom. The molecular weight excluding hydrogens is 232 g/mol. The van der Waals surface area contributed by atoms with Crippen molar-refractivity contribution < 1.29 is 4.74 Å². The molecule has 0 heterocycles. The molecule has 2 saturated carbocycles. The largest absolute Gasteiger partial charge is 0.380 e. The van der Waals surface area contributed by atoms with Gasteiger partial charge in [-0.25, -0.2) is 0 Å². The van der Waals surface area contributed by atoms with Gasteiger partial charge in [0.25, 0.3) is 0 Å². The fraction of sp³-hybridized carbons (Fsp3) is 0.556. The van der Waals surface area contributed by atoms with Gasteiger partial charge in [0.15, 0.2) is 0 Å². The predicted molar refractivity (Wildman–Crippen MR) is 75.1 cm³/mol. The van der Waals surface area contributed by atoms with Crippen molar-refractivity contribution in [1.29, 1.82) is 0 Å². The van der Waals surface area contributed by atoms with Crippen molar-refractivity contribution in [2.75, 3.05) is 7.11 Å². The van der Waals surface area contributed by atoms with E-state index in [-0.39, 0.29) is 0 Å². The molecule has 5 aliphatic rings. The molecule has 6 unspecified atom stereocenters. The average molecular weight is 252 g/mol. The maximum Gasteiger partial charge on any atom is 0.0702 e. The third-order valence-corrected chi connectivity index (χ3v) is 6.43. The molecule has 19 heavy (non-hydrogen) atoms. The molecule has 6 atom stereocenters. The summed E-state index contributed by atoms with van der Waals surface area (Å²) >= 11 is 0. The molecule has 0 aliphatic heterocycles. The molecule has 0 spiro atoms. The minimum absolute atomic E-state index is 0.465. The molecule has 1 nitrogen and oxygen atoms in total. The monoisotopic (exact) mass is 252 g/mol. The van der Waals surface area contributed by atoms with E-state index in [1.54, 1.807) is 11.1 Å². The lowest BCUT2D eigenvalue weighted by molar-refractivity contribution is 0.0653. The van der Waals surface area contributed by atoms with Gasteiger partial charge in [0.05, 0.1) is 6.10 Å². The van der Waals surface area contributed by atoms with Gasteiger partial charge in [-0.3, -0.25) is 0 Å². The maximum absolute atomic E-state index is 5.85. The van der Waals surface area contributed by atoms with Crippen LogP contribution in [0.4, 0.5) is 0 Å². The van der Waals surface area contributed by atoms with Gasteiger partial charge < -0.3 is 4.74 Å². The Kier molecular flexibility index (Phi) is 1.98. The highest BCUT2D eigenvalue weighted by Crippen LogP contribution is 2.67. The Hall–Kier alpha value is -1.08. The summed E-state index contributed by atoms with van der Waals surface area (Å²) in [4.78, 5) is 0. The van der Waals surface area contributed by atoms with Gasteiger partial charge >= 0.3 is 0 Å². The second-order valence-electron chi connectivity index (χ2n) is 6.81. The third-order valence-electron chi connectivity index (χ3n) is 6.43. The Morgan fingerprint density at radius 1 is 0.895 bits per heavy atom. The summed E-state index contributed by atoms with van der Waals surface area (Å²) < 4.78 is 5.85. The summed E-state index contributed by atoms with van der Waals surface area (Å²) in [7, 11) is 1.91. The van der Waals surface area contributed by atoms with Crippen LogP contribution in [0.2, 0.25) is 0 Å². The average Bonchev–Trinajstić information content (AvgIpc) is 3.04. The molecule has 2 fully saturated rings. The van der Waals surface area contributed by atoms with Crippen LogP contribution in [0.1, 0.15) is 35.8 Å². The molecule has 6 rings (SSSR count). The Bertz CT molecular complexity index is 514. The Balaban J connectivity index is 1.68. The summed E-state index contributed by atoms with van der Waals surface area (Å²) in [5, 5.41) is 0. The molecule has 4 bridgehead atoms. The van der Waals surface area contributed by atoms with E-state index in [4.69, 9.17) is 4.74 Å². The SMILES string of the molecule is COC1C2C=CC1C1C3CCC(c4ccccc43)C21. The third kappa shape index (κ3) is 1.12. The van der Waals surface area contributed by atoms with E-state index >= 15 is 0 Å². The zero-order chi connectivity index (χ0) is 12.6. The number of benzene rings is 1. The van der Waals surface area contributed by atoms with Gasteiger partial charge in [0.1, 0.15) is 0 Å². The van der Waals surface area contributed by atoms with E-state index in [0.29, 0.717) is 17.9 Å². The first kappa shape index (κ1) is 10.7. The van der Waals surface area contributed by atoms with E-state index in [0.717, 1.165) is 23.7 Å². The predicted octanol–water partition coefficient (Wildman–Crippen LogP) is 3.72. The number of methoxy groups -OCH3 is 1. The van der Waals surface area contributed by atoms with Gasteiger partial charge in [0.2, 0.25) is 0 Å². The number of ether oxygens (including phenoxy) is 1. The summed E-state index contributed by atoms with van der Waals surface area (Å²) in [6.45, 7) is 0. The van der Waals surface area contributed by atoms with E-state index in [2.05, 4.69) is 36.4 Å². The fourth-order valence-corrected chi connectivity index (χ4v) is 5.98. The minimum atomic E-state index is 0.465. The summed E-state index contributed by atoms with van der Waals surface area (Å²) in [6.07, 6.45) is 8.19. The van der Waals surface area contributed by atoms with Gasteiger partial charge in [0, 0.05) is 18.9 Å². The van der Waals surface area contributed by atoms with Crippen molar-refractivity contribution >= 4 is 0 Å². The topological polar surface area (TPSA) is 9.23 Å². The molecule has 1 aromatic carbocycles. The first-order chi connectivity index (χ1) is 9.40. The summed E-state index contributed by atoms with van der Waals surface area (Å²) in [5.74, 6) is 4.66. The van der Waals surface area contributed by atoms with Gasteiger partial charge in [-0.1, -0.05) is 36.4 Å². The number of fused-ring (bicyclic) bond motifs is 3. The van der Waals surface area contributed by atoms with Crippen molar-refractivity contribution in [3.8, 4) is 0 Å². The highest BCUT2D eigenvalue weighted by atomic mass is 16.5. The molecule has 0 saturated heterocycles. The van der Waals surface area contributed by atoms with Crippen LogP contribution in [-0.4, -0.2) is 13.2 Å². The number of hydrogen-bond donors (Lipinski definition) is 0. The van der Waals surface area contributed by atoms with Gasteiger partial charge in [-0.05, 0) is 47.6 Å². The van der Waals surface area contributed by atoms with E-state index < -0.39 is 0 Å². The van der Waals surface area contributed by atoms with Crippen LogP contribution in [0.15, 0.2) is 36.4 Å². The smallest absolute Gasteiger partial charge is 0.0702 e. The molecule has 1 aromatic rings. The van der Waals surface area contributed by atoms with Crippen molar-refractivity contribution in [3.63, 3.8) is 0 Å². The van der Waals surface area contributed by atoms with Crippen LogP contribution >= 0.6 is 0 Å². The molecule has 98 valence electrons. The molecule has 0 N–H and O–H groups in total. The van der Waals surface area contributed by atoms with Crippen LogP contribution in [0.25, 0.3) is 0 Å². The van der Waals surface area contributed by atoms with Crippen LogP contribution in [0.5, 0.6) is 0 Å². The molecule has 5 aliphatic carbocycles. The van der Waals surface area contributed by atoms with Crippen molar-refractivity contribution in [2.24, 2.45) is 23.7 Å². The highest BCUT2D eigenvalue weighted by Gasteiger charge is 2.61. The lowest BCUT2D eigenvalue weighted by atomic mass is 9.54. The number of rotatable bonds is 1. The molecule has 0 aromatic heterocycles. The normalized spacial score (nSPS) is 48.4. The maximum atomic E-state index is 5.85. The summed E-state index contributed by atoms with van der Waals surface area (Å²) in [6, 6.07) is 9.23. The zero-order valence-electron chi connectivity index (χ0n) is 11.3. The Labute approximate surface area is 114 Å².